The van der Waals surface area contributed by atoms with E-state index in [1.165, 1.54) is 0 Å². The predicted molar refractivity (Wildman–Crippen MR) is 63.9 cm³/mol. The van der Waals surface area contributed by atoms with Crippen LogP contribution < -0.4 is 10.6 Å². The fourth-order valence-corrected chi connectivity index (χ4v) is 2.11. The summed E-state index contributed by atoms with van der Waals surface area (Å²) in [6.07, 6.45) is -4.25. The van der Waals surface area contributed by atoms with Crippen LogP contribution in [0.5, 0.6) is 0 Å². The minimum absolute atomic E-state index is 0.0128. The number of nitrogens with one attached hydrogen (secondary N) is 1. The van der Waals surface area contributed by atoms with E-state index in [2.05, 4.69) is 9.36 Å². The topological polar surface area (TPSA) is 78.9 Å². The molecule has 0 saturated carbocycles. The van der Waals surface area contributed by atoms with Crippen molar-refractivity contribution in [3.05, 3.63) is 5.82 Å². The molecule has 0 bridgehead atoms. The van der Waals surface area contributed by atoms with Gasteiger partial charge in [0.2, 0.25) is 11.0 Å². The Labute approximate surface area is 106 Å². The monoisotopic (exact) mass is 281 g/mol. The summed E-state index contributed by atoms with van der Waals surface area (Å²) in [5.41, 5.74) is 5.24. The standard InChI is InChI=1S/C9H14F3N5S/c1-5(2)17(4-3-6(13)14)8-15-7(16-18-8)9(10,11)12/h5H,3-4H2,1-2H3,(H3,13,14). The Morgan fingerprint density at radius 3 is 2.50 bits per heavy atom. The Balaban J connectivity index is 2.86. The molecule has 0 radical (unpaired) electrons. The first-order valence-electron chi connectivity index (χ1n) is 5.22. The number of aromatic nitrogens is 2. The van der Waals surface area contributed by atoms with Crippen LogP contribution in [0.3, 0.4) is 0 Å². The van der Waals surface area contributed by atoms with E-state index in [-0.39, 0.29) is 23.4 Å². The average molecular weight is 281 g/mol. The molecule has 0 aliphatic carbocycles. The third-order valence-corrected chi connectivity index (χ3v) is 2.91. The van der Waals surface area contributed by atoms with Gasteiger partial charge in [-0.25, -0.2) is 0 Å². The van der Waals surface area contributed by atoms with Crippen molar-refractivity contribution in [1.29, 1.82) is 5.41 Å². The van der Waals surface area contributed by atoms with Gasteiger partial charge in [-0.05, 0) is 13.8 Å². The van der Waals surface area contributed by atoms with Crippen molar-refractivity contribution in [2.45, 2.75) is 32.5 Å². The van der Waals surface area contributed by atoms with Crippen molar-refractivity contribution in [2.24, 2.45) is 5.73 Å². The van der Waals surface area contributed by atoms with Crippen LogP contribution in [0.2, 0.25) is 0 Å². The molecule has 1 aromatic rings. The molecule has 18 heavy (non-hydrogen) atoms. The molecule has 0 atom stereocenters. The van der Waals surface area contributed by atoms with E-state index in [4.69, 9.17) is 11.1 Å². The maximum atomic E-state index is 12.4. The summed E-state index contributed by atoms with van der Waals surface area (Å²) in [6, 6.07) is -0.0432. The zero-order valence-electron chi connectivity index (χ0n) is 9.95. The van der Waals surface area contributed by atoms with Crippen molar-refractivity contribution in [3.63, 3.8) is 0 Å². The molecule has 0 aliphatic heterocycles. The lowest BCUT2D eigenvalue weighted by Gasteiger charge is -2.25. The largest absolute Gasteiger partial charge is 0.452 e. The Morgan fingerprint density at radius 2 is 2.11 bits per heavy atom. The molecular weight excluding hydrogens is 267 g/mol. The first kappa shape index (κ1) is 14.7. The average Bonchev–Trinajstić information content (AvgIpc) is 2.65. The van der Waals surface area contributed by atoms with Crippen LogP contribution in [-0.4, -0.2) is 27.8 Å². The van der Waals surface area contributed by atoms with Gasteiger partial charge >= 0.3 is 6.18 Å². The summed E-state index contributed by atoms with van der Waals surface area (Å²) in [5, 5.41) is 7.33. The van der Waals surface area contributed by atoms with E-state index < -0.39 is 12.0 Å². The molecule has 9 heteroatoms. The maximum Gasteiger partial charge on any atom is 0.452 e. The highest BCUT2D eigenvalue weighted by Crippen LogP contribution is 2.30. The molecule has 0 aromatic carbocycles. The van der Waals surface area contributed by atoms with Crippen LogP contribution in [-0.2, 0) is 6.18 Å². The van der Waals surface area contributed by atoms with Crippen molar-refractivity contribution in [1.82, 2.24) is 9.36 Å². The highest BCUT2D eigenvalue weighted by molar-refractivity contribution is 7.09. The Hall–Kier alpha value is -1.38. The van der Waals surface area contributed by atoms with Crippen molar-refractivity contribution >= 4 is 22.5 Å². The number of hydrogen-bond donors (Lipinski definition) is 2. The lowest BCUT2D eigenvalue weighted by Crippen LogP contribution is -2.33. The Bertz CT molecular complexity index is 415. The number of anilines is 1. The fourth-order valence-electron chi connectivity index (χ4n) is 1.26. The van der Waals surface area contributed by atoms with Gasteiger partial charge in [0.1, 0.15) is 0 Å². The van der Waals surface area contributed by atoms with Gasteiger partial charge in [0.05, 0.1) is 5.84 Å². The second kappa shape index (κ2) is 5.51. The SMILES string of the molecule is CC(C)N(CCC(=N)N)c1nc(C(F)(F)F)ns1. The number of amidine groups is 1. The lowest BCUT2D eigenvalue weighted by atomic mass is 10.3. The second-order valence-corrected chi connectivity index (χ2v) is 4.69. The second-order valence-electron chi connectivity index (χ2n) is 3.96. The molecule has 0 spiro atoms. The first-order valence-corrected chi connectivity index (χ1v) is 5.99. The quantitative estimate of drug-likeness (QED) is 0.640. The van der Waals surface area contributed by atoms with E-state index in [9.17, 15) is 13.2 Å². The number of hydrogen-bond acceptors (Lipinski definition) is 5. The molecule has 3 N–H and O–H groups in total. The minimum atomic E-state index is -4.53. The van der Waals surface area contributed by atoms with E-state index in [1.54, 1.807) is 4.90 Å². The number of rotatable bonds is 5. The van der Waals surface area contributed by atoms with E-state index in [0.29, 0.717) is 18.1 Å². The molecular formula is C9H14F3N5S. The number of nitrogens with two attached hydrogens (primary N) is 1. The fraction of sp³-hybridized carbons (Fsp3) is 0.667. The Morgan fingerprint density at radius 1 is 1.50 bits per heavy atom. The summed E-state index contributed by atoms with van der Waals surface area (Å²) < 4.78 is 40.5. The number of nitrogens with zero attached hydrogens (tertiary/aromatic N) is 3. The summed E-state index contributed by atoms with van der Waals surface area (Å²) >= 11 is 0.698. The van der Waals surface area contributed by atoms with Crippen LogP contribution in [0.4, 0.5) is 18.3 Å². The highest BCUT2D eigenvalue weighted by atomic mass is 32.1. The molecule has 5 nitrogen and oxygen atoms in total. The summed E-state index contributed by atoms with van der Waals surface area (Å²) in [5.74, 6) is -1.14. The van der Waals surface area contributed by atoms with Gasteiger partial charge in [-0.1, -0.05) is 0 Å². The van der Waals surface area contributed by atoms with Crippen molar-refractivity contribution in [3.8, 4) is 0 Å². The van der Waals surface area contributed by atoms with Crippen LogP contribution in [0.15, 0.2) is 0 Å². The van der Waals surface area contributed by atoms with Crippen LogP contribution >= 0.6 is 11.5 Å². The van der Waals surface area contributed by atoms with Crippen molar-refractivity contribution < 1.29 is 13.2 Å². The normalized spacial score (nSPS) is 11.9. The van der Waals surface area contributed by atoms with E-state index in [0.717, 1.165) is 0 Å². The van der Waals surface area contributed by atoms with Crippen LogP contribution in [0, 0.1) is 5.41 Å². The van der Waals surface area contributed by atoms with Crippen LogP contribution in [0.1, 0.15) is 26.1 Å². The third-order valence-electron chi connectivity index (χ3n) is 2.16. The molecule has 0 aliphatic rings. The highest BCUT2D eigenvalue weighted by Gasteiger charge is 2.36. The first-order chi connectivity index (χ1) is 8.21. The van der Waals surface area contributed by atoms with Crippen molar-refractivity contribution in [2.75, 3.05) is 11.4 Å². The van der Waals surface area contributed by atoms with Gasteiger partial charge in [0.25, 0.3) is 0 Å². The molecule has 0 amide bonds. The van der Waals surface area contributed by atoms with Crippen LogP contribution in [0.25, 0.3) is 0 Å². The summed E-state index contributed by atoms with van der Waals surface area (Å²) in [7, 11) is 0. The van der Waals surface area contributed by atoms with Gasteiger partial charge in [0, 0.05) is 30.5 Å². The van der Waals surface area contributed by atoms with E-state index in [1.807, 2.05) is 13.8 Å². The number of halogens is 3. The summed E-state index contributed by atoms with van der Waals surface area (Å²) in [4.78, 5) is 5.13. The maximum absolute atomic E-state index is 12.4. The molecule has 0 unspecified atom stereocenters. The lowest BCUT2D eigenvalue weighted by molar-refractivity contribution is -0.144. The van der Waals surface area contributed by atoms with Gasteiger partial charge < -0.3 is 10.6 Å². The molecule has 1 rings (SSSR count). The summed E-state index contributed by atoms with van der Waals surface area (Å²) in [6.45, 7) is 4.00. The molecule has 0 fully saturated rings. The number of alkyl halides is 3. The van der Waals surface area contributed by atoms with Gasteiger partial charge in [-0.2, -0.15) is 22.5 Å². The molecule has 1 aromatic heterocycles. The smallest absolute Gasteiger partial charge is 0.388 e. The van der Waals surface area contributed by atoms with E-state index >= 15 is 0 Å². The molecule has 0 saturated heterocycles. The third kappa shape index (κ3) is 3.83. The molecule has 102 valence electrons. The zero-order valence-corrected chi connectivity index (χ0v) is 10.8. The predicted octanol–water partition coefficient (Wildman–Crippen LogP) is 2.10. The molecule has 1 heterocycles. The Kier molecular flexibility index (Phi) is 4.49. The van der Waals surface area contributed by atoms with Gasteiger partial charge in [0.15, 0.2) is 0 Å². The zero-order chi connectivity index (χ0) is 13.9. The van der Waals surface area contributed by atoms with Gasteiger partial charge in [-0.15, -0.1) is 0 Å². The minimum Gasteiger partial charge on any atom is -0.388 e. The van der Waals surface area contributed by atoms with Gasteiger partial charge in [-0.3, -0.25) is 5.41 Å².